The molecule has 1 unspecified atom stereocenters. The van der Waals surface area contributed by atoms with Crippen LogP contribution in [-0.4, -0.2) is 44.8 Å². The van der Waals surface area contributed by atoms with Crippen molar-refractivity contribution < 1.29 is 9.53 Å². The molecule has 1 amide bonds. The lowest BCUT2D eigenvalue weighted by Crippen LogP contribution is -2.48. The molecule has 0 radical (unpaired) electrons. The molecule has 3 rings (SSSR count). The molecular weight excluding hydrogens is 278 g/mol. The molecule has 0 aliphatic carbocycles. The zero-order valence-corrected chi connectivity index (χ0v) is 13.2. The minimum Gasteiger partial charge on any atom is -0.378 e. The fourth-order valence-corrected chi connectivity index (χ4v) is 3.01. The van der Waals surface area contributed by atoms with Crippen molar-refractivity contribution in [2.45, 2.75) is 25.8 Å². The molecule has 2 N–H and O–H groups in total. The predicted octanol–water partition coefficient (Wildman–Crippen LogP) is 1.85. The number of carbonyl (C=O) groups is 1. The fraction of sp³-hybridized carbons (Fsp3) is 0.588. The van der Waals surface area contributed by atoms with Crippen LogP contribution < -0.4 is 15.5 Å². The minimum atomic E-state index is -0.256. The molecule has 1 aromatic rings. The molecule has 2 fully saturated rings. The number of anilines is 2. The first kappa shape index (κ1) is 15.3. The smallest absolute Gasteiger partial charge is 0.243 e. The Hall–Kier alpha value is -1.59. The van der Waals surface area contributed by atoms with Gasteiger partial charge < -0.3 is 20.3 Å². The van der Waals surface area contributed by atoms with Gasteiger partial charge in [0.15, 0.2) is 0 Å². The zero-order chi connectivity index (χ0) is 15.4. The number of hydrogen-bond acceptors (Lipinski definition) is 4. The molecule has 120 valence electrons. The number of nitrogens with zero attached hydrogens (tertiary/aromatic N) is 1. The van der Waals surface area contributed by atoms with Crippen molar-refractivity contribution in [3.8, 4) is 0 Å². The van der Waals surface area contributed by atoms with E-state index in [2.05, 4.69) is 34.6 Å². The maximum Gasteiger partial charge on any atom is 0.243 e. The van der Waals surface area contributed by atoms with E-state index in [9.17, 15) is 4.79 Å². The molecule has 0 spiro atoms. The van der Waals surface area contributed by atoms with Crippen LogP contribution in [-0.2, 0) is 9.53 Å². The van der Waals surface area contributed by atoms with Gasteiger partial charge in [0.1, 0.15) is 6.04 Å². The second kappa shape index (κ2) is 7.11. The molecule has 1 atom stereocenters. The van der Waals surface area contributed by atoms with Gasteiger partial charge in [0.05, 0.1) is 13.2 Å². The highest BCUT2D eigenvalue weighted by Gasteiger charge is 2.21. The molecular formula is C17H25N3O2. The van der Waals surface area contributed by atoms with Gasteiger partial charge in [-0.25, -0.2) is 0 Å². The molecule has 2 aliphatic heterocycles. The second-order valence-corrected chi connectivity index (χ2v) is 6.29. The molecule has 2 heterocycles. The van der Waals surface area contributed by atoms with E-state index in [1.807, 2.05) is 12.1 Å². The monoisotopic (exact) mass is 303 g/mol. The summed E-state index contributed by atoms with van der Waals surface area (Å²) < 4.78 is 5.34. The summed E-state index contributed by atoms with van der Waals surface area (Å²) in [5, 5.41) is 6.17. The maximum absolute atomic E-state index is 12.2. The highest BCUT2D eigenvalue weighted by atomic mass is 16.5. The van der Waals surface area contributed by atoms with Gasteiger partial charge in [-0.1, -0.05) is 13.0 Å². The van der Waals surface area contributed by atoms with Gasteiger partial charge in [0, 0.05) is 31.0 Å². The lowest BCUT2D eigenvalue weighted by molar-refractivity contribution is -0.120. The van der Waals surface area contributed by atoms with Crippen molar-refractivity contribution >= 4 is 17.3 Å². The number of carbonyl (C=O) groups excluding carboxylic acids is 1. The van der Waals surface area contributed by atoms with Crippen LogP contribution in [0.25, 0.3) is 0 Å². The van der Waals surface area contributed by atoms with E-state index in [-0.39, 0.29) is 11.9 Å². The summed E-state index contributed by atoms with van der Waals surface area (Å²) in [6.07, 6.45) is 2.47. The van der Waals surface area contributed by atoms with Crippen molar-refractivity contribution in [1.29, 1.82) is 0 Å². The number of benzene rings is 1. The van der Waals surface area contributed by atoms with Crippen LogP contribution in [0.3, 0.4) is 0 Å². The summed E-state index contributed by atoms with van der Waals surface area (Å²) in [6, 6.07) is 7.88. The van der Waals surface area contributed by atoms with Gasteiger partial charge in [-0.15, -0.1) is 0 Å². The van der Waals surface area contributed by atoms with E-state index in [0.717, 1.165) is 31.2 Å². The van der Waals surface area contributed by atoms with Crippen LogP contribution >= 0.6 is 0 Å². The number of piperidine rings is 1. The molecule has 0 saturated carbocycles. The molecule has 0 aromatic heterocycles. The average Bonchev–Trinajstić information content (AvgIpc) is 2.56. The van der Waals surface area contributed by atoms with Gasteiger partial charge in [0.25, 0.3) is 0 Å². The number of hydrogen-bond donors (Lipinski definition) is 2. The van der Waals surface area contributed by atoms with Crippen molar-refractivity contribution in [1.82, 2.24) is 5.32 Å². The van der Waals surface area contributed by atoms with Gasteiger partial charge in [-0.3, -0.25) is 4.79 Å². The van der Waals surface area contributed by atoms with Crippen LogP contribution in [0.4, 0.5) is 11.4 Å². The average molecular weight is 303 g/mol. The first-order valence-electron chi connectivity index (χ1n) is 8.19. The van der Waals surface area contributed by atoms with E-state index < -0.39 is 0 Å². The summed E-state index contributed by atoms with van der Waals surface area (Å²) in [4.78, 5) is 14.6. The molecule has 22 heavy (non-hydrogen) atoms. The number of nitrogens with one attached hydrogen (secondary N) is 2. The summed E-state index contributed by atoms with van der Waals surface area (Å²) in [5.41, 5.74) is 2.05. The minimum absolute atomic E-state index is 0.0240. The third-order valence-corrected chi connectivity index (χ3v) is 4.50. The quantitative estimate of drug-likeness (QED) is 0.895. The van der Waals surface area contributed by atoms with Crippen molar-refractivity contribution in [2.75, 3.05) is 43.1 Å². The van der Waals surface area contributed by atoms with Gasteiger partial charge in [-0.2, -0.15) is 0 Å². The van der Waals surface area contributed by atoms with Crippen LogP contribution in [0, 0.1) is 5.92 Å². The molecule has 5 nitrogen and oxygen atoms in total. The Bertz CT molecular complexity index is 506. The maximum atomic E-state index is 12.2. The lowest BCUT2D eigenvalue weighted by atomic mass is 9.99. The Kier molecular flexibility index (Phi) is 4.95. The van der Waals surface area contributed by atoms with E-state index in [1.165, 1.54) is 18.5 Å². The Morgan fingerprint density at radius 1 is 1.36 bits per heavy atom. The number of amides is 1. The summed E-state index contributed by atoms with van der Waals surface area (Å²) in [5.74, 6) is 0.792. The molecule has 5 heteroatoms. The molecule has 2 aliphatic rings. The first-order valence-corrected chi connectivity index (χ1v) is 8.19. The molecule has 2 saturated heterocycles. The predicted molar refractivity (Wildman–Crippen MR) is 88.3 cm³/mol. The summed E-state index contributed by atoms with van der Waals surface area (Å²) in [7, 11) is 0. The van der Waals surface area contributed by atoms with Gasteiger partial charge >= 0.3 is 0 Å². The molecule has 0 bridgehead atoms. The Morgan fingerprint density at radius 2 is 2.18 bits per heavy atom. The first-order chi connectivity index (χ1) is 10.7. The number of rotatable bonds is 3. The normalized spacial score (nSPS) is 23.3. The van der Waals surface area contributed by atoms with Crippen molar-refractivity contribution in [2.24, 2.45) is 5.92 Å². The Labute approximate surface area is 132 Å². The number of ether oxygens (including phenoxy) is 1. The zero-order valence-electron chi connectivity index (χ0n) is 13.2. The third-order valence-electron chi connectivity index (χ3n) is 4.50. The van der Waals surface area contributed by atoms with Crippen LogP contribution in [0.2, 0.25) is 0 Å². The van der Waals surface area contributed by atoms with E-state index in [0.29, 0.717) is 13.2 Å². The third kappa shape index (κ3) is 3.78. The second-order valence-electron chi connectivity index (χ2n) is 6.29. The summed E-state index contributed by atoms with van der Waals surface area (Å²) >= 11 is 0. The van der Waals surface area contributed by atoms with Crippen LogP contribution in [0.1, 0.15) is 19.8 Å². The summed E-state index contributed by atoms with van der Waals surface area (Å²) in [6.45, 7) is 6.34. The van der Waals surface area contributed by atoms with E-state index >= 15 is 0 Å². The SMILES string of the molecule is CC1CCN(c2cccc(NC(=O)C3COCCN3)c2)CC1. The lowest BCUT2D eigenvalue weighted by Gasteiger charge is -2.32. The van der Waals surface area contributed by atoms with Gasteiger partial charge in [0.2, 0.25) is 5.91 Å². The van der Waals surface area contributed by atoms with Crippen LogP contribution in [0.5, 0.6) is 0 Å². The van der Waals surface area contributed by atoms with Gasteiger partial charge in [-0.05, 0) is 37.0 Å². The topological polar surface area (TPSA) is 53.6 Å². The van der Waals surface area contributed by atoms with E-state index in [4.69, 9.17) is 4.74 Å². The fourth-order valence-electron chi connectivity index (χ4n) is 3.01. The Morgan fingerprint density at radius 3 is 2.91 bits per heavy atom. The standard InChI is InChI=1S/C17H25N3O2/c1-13-5-8-20(9-6-13)15-4-2-3-14(11-15)19-17(21)16-12-22-10-7-18-16/h2-4,11,13,16,18H,5-10,12H2,1H3,(H,19,21). The van der Waals surface area contributed by atoms with Crippen molar-refractivity contribution in [3.63, 3.8) is 0 Å². The Balaban J connectivity index is 1.62. The van der Waals surface area contributed by atoms with E-state index in [1.54, 1.807) is 0 Å². The molecule has 1 aromatic carbocycles. The highest BCUT2D eigenvalue weighted by Crippen LogP contribution is 2.25. The van der Waals surface area contributed by atoms with Crippen molar-refractivity contribution in [3.05, 3.63) is 24.3 Å². The van der Waals surface area contributed by atoms with Crippen LogP contribution in [0.15, 0.2) is 24.3 Å². The number of morpholine rings is 1. The largest absolute Gasteiger partial charge is 0.378 e. The highest BCUT2D eigenvalue weighted by molar-refractivity contribution is 5.95.